The van der Waals surface area contributed by atoms with E-state index in [1.54, 1.807) is 43.1 Å². The van der Waals surface area contributed by atoms with E-state index in [0.29, 0.717) is 34.0 Å². The first kappa shape index (κ1) is 24.0. The topological polar surface area (TPSA) is 124 Å². The van der Waals surface area contributed by atoms with Gasteiger partial charge in [0.25, 0.3) is 5.91 Å². The molecule has 32 heavy (non-hydrogen) atoms. The largest absolute Gasteiger partial charge is 0.497 e. The van der Waals surface area contributed by atoms with Gasteiger partial charge in [0.05, 0.1) is 19.4 Å². The summed E-state index contributed by atoms with van der Waals surface area (Å²) in [4.78, 5) is 24.6. The summed E-state index contributed by atoms with van der Waals surface area (Å²) < 4.78 is 7.79. The second kappa shape index (κ2) is 11.8. The van der Waals surface area contributed by atoms with Crippen LogP contribution in [0.2, 0.25) is 0 Å². The van der Waals surface area contributed by atoms with Gasteiger partial charge in [-0.25, -0.2) is 0 Å². The molecule has 0 fully saturated rings. The molecule has 2 N–H and O–H groups in total. The van der Waals surface area contributed by atoms with Crippen molar-refractivity contribution in [3.05, 3.63) is 35.7 Å². The molecule has 0 unspecified atom stereocenters. The highest BCUT2D eigenvalue weighted by Gasteiger charge is 2.15. The van der Waals surface area contributed by atoms with Gasteiger partial charge in [0, 0.05) is 12.1 Å². The van der Waals surface area contributed by atoms with Crippen molar-refractivity contribution in [2.45, 2.75) is 36.4 Å². The molecule has 170 valence electrons. The Labute approximate surface area is 197 Å². The lowest BCUT2D eigenvalue weighted by molar-refractivity contribution is -0.113. The van der Waals surface area contributed by atoms with Crippen LogP contribution in [-0.4, -0.2) is 55.4 Å². The van der Waals surface area contributed by atoms with Gasteiger partial charge in [0.2, 0.25) is 11.0 Å². The molecular weight excluding hydrogens is 470 g/mol. The fourth-order valence-corrected chi connectivity index (χ4v) is 5.09. The van der Waals surface area contributed by atoms with Gasteiger partial charge in [-0.3, -0.25) is 14.9 Å². The van der Waals surface area contributed by atoms with Gasteiger partial charge >= 0.3 is 0 Å². The van der Waals surface area contributed by atoms with Gasteiger partial charge in [-0.15, -0.1) is 20.4 Å². The van der Waals surface area contributed by atoms with Crippen LogP contribution in [0, 0.1) is 0 Å². The van der Waals surface area contributed by atoms with E-state index in [-0.39, 0.29) is 24.1 Å². The maximum atomic E-state index is 12.4. The molecule has 0 bridgehead atoms. The zero-order valence-electron chi connectivity index (χ0n) is 17.8. The molecule has 0 spiro atoms. The lowest BCUT2D eigenvalue weighted by Crippen LogP contribution is -2.24. The molecule has 0 saturated heterocycles. The van der Waals surface area contributed by atoms with E-state index >= 15 is 0 Å². The summed E-state index contributed by atoms with van der Waals surface area (Å²) in [7, 11) is 1.57. The minimum atomic E-state index is -0.218. The number of methoxy groups -OCH3 is 1. The Balaban J connectivity index is 1.53. The summed E-state index contributed by atoms with van der Waals surface area (Å²) in [6.45, 7) is 4.82. The second-order valence-electron chi connectivity index (χ2n) is 6.20. The van der Waals surface area contributed by atoms with Crippen molar-refractivity contribution in [3.8, 4) is 5.75 Å². The summed E-state index contributed by atoms with van der Waals surface area (Å²) >= 11 is 4.20. The summed E-state index contributed by atoms with van der Waals surface area (Å²) in [6, 6.07) is 6.85. The number of hydrogen-bond donors (Lipinski definition) is 2. The van der Waals surface area contributed by atoms with Crippen LogP contribution < -0.4 is 15.4 Å². The maximum absolute atomic E-state index is 12.4. The lowest BCUT2D eigenvalue weighted by Gasteiger charge is -2.09. The number of benzene rings is 1. The third-order valence-electron chi connectivity index (χ3n) is 4.12. The SMILES string of the molecule is CCSc1nnc(NC(=O)CSc2nnc(CNC(=O)c3ccc(OC)cc3)n2CC)s1. The molecule has 0 aliphatic carbocycles. The van der Waals surface area contributed by atoms with Crippen LogP contribution in [0.5, 0.6) is 5.75 Å². The van der Waals surface area contributed by atoms with E-state index in [4.69, 9.17) is 4.74 Å². The van der Waals surface area contributed by atoms with E-state index in [0.717, 1.165) is 10.1 Å². The number of thioether (sulfide) groups is 2. The van der Waals surface area contributed by atoms with Crippen molar-refractivity contribution >= 4 is 51.8 Å². The number of nitrogens with zero attached hydrogens (tertiary/aromatic N) is 5. The fourth-order valence-electron chi connectivity index (χ4n) is 2.61. The number of carbonyl (C=O) groups is 2. The van der Waals surface area contributed by atoms with Crippen LogP contribution in [0.25, 0.3) is 0 Å². The van der Waals surface area contributed by atoms with Gasteiger partial charge in [-0.1, -0.05) is 41.8 Å². The summed E-state index contributed by atoms with van der Waals surface area (Å²) in [6.07, 6.45) is 0. The highest BCUT2D eigenvalue weighted by atomic mass is 32.2. The maximum Gasteiger partial charge on any atom is 0.251 e. The van der Waals surface area contributed by atoms with Crippen molar-refractivity contribution in [2.24, 2.45) is 0 Å². The number of anilines is 1. The Morgan fingerprint density at radius 3 is 2.56 bits per heavy atom. The molecule has 1 aromatic carbocycles. The van der Waals surface area contributed by atoms with Crippen LogP contribution in [-0.2, 0) is 17.9 Å². The van der Waals surface area contributed by atoms with E-state index in [1.165, 1.54) is 23.1 Å². The van der Waals surface area contributed by atoms with Crippen LogP contribution in [0.1, 0.15) is 30.0 Å². The highest BCUT2D eigenvalue weighted by Crippen LogP contribution is 2.25. The number of aromatic nitrogens is 5. The summed E-state index contributed by atoms with van der Waals surface area (Å²) in [5.41, 5.74) is 0.525. The van der Waals surface area contributed by atoms with Crippen LogP contribution >= 0.6 is 34.9 Å². The highest BCUT2D eigenvalue weighted by molar-refractivity contribution is 8.01. The van der Waals surface area contributed by atoms with Gasteiger partial charge in [0.15, 0.2) is 15.3 Å². The van der Waals surface area contributed by atoms with Crippen molar-refractivity contribution in [2.75, 3.05) is 23.9 Å². The molecule has 3 rings (SSSR count). The first-order valence-electron chi connectivity index (χ1n) is 9.77. The number of amides is 2. The molecule has 0 saturated carbocycles. The lowest BCUT2D eigenvalue weighted by atomic mass is 10.2. The van der Waals surface area contributed by atoms with Crippen LogP contribution in [0.15, 0.2) is 33.8 Å². The van der Waals surface area contributed by atoms with Gasteiger partial charge < -0.3 is 14.6 Å². The molecule has 2 heterocycles. The standard InChI is InChI=1S/C19H23N7O3S3/c1-4-26-14(10-20-16(28)12-6-8-13(29-3)9-7-12)22-24-18(26)31-11-15(27)21-17-23-25-19(32-17)30-5-2/h6-9H,4-5,10-11H2,1-3H3,(H,20,28)(H,21,23,27). The van der Waals surface area contributed by atoms with Crippen molar-refractivity contribution in [1.82, 2.24) is 30.3 Å². The first-order valence-corrected chi connectivity index (χ1v) is 12.6. The molecule has 2 amide bonds. The fraction of sp³-hybridized carbons (Fsp3) is 0.368. The average Bonchev–Trinajstić information content (AvgIpc) is 3.42. The normalized spacial score (nSPS) is 10.7. The molecule has 0 aliphatic heterocycles. The van der Waals surface area contributed by atoms with Crippen molar-refractivity contribution in [1.29, 1.82) is 0 Å². The molecule has 13 heteroatoms. The quantitative estimate of drug-likeness (QED) is 0.306. The summed E-state index contributed by atoms with van der Waals surface area (Å²) in [5, 5.41) is 23.0. The molecule has 3 aromatic rings. The molecular formula is C19H23N7O3S3. The minimum Gasteiger partial charge on any atom is -0.497 e. The van der Waals surface area contributed by atoms with Crippen LogP contribution in [0.4, 0.5) is 5.13 Å². The minimum absolute atomic E-state index is 0.159. The Morgan fingerprint density at radius 2 is 1.88 bits per heavy atom. The predicted molar refractivity (Wildman–Crippen MR) is 126 cm³/mol. The Bertz CT molecular complexity index is 1050. The van der Waals surface area contributed by atoms with E-state index in [9.17, 15) is 9.59 Å². The van der Waals surface area contributed by atoms with Gasteiger partial charge in [-0.2, -0.15) is 0 Å². The zero-order valence-corrected chi connectivity index (χ0v) is 20.3. The van der Waals surface area contributed by atoms with Crippen molar-refractivity contribution < 1.29 is 14.3 Å². The van der Waals surface area contributed by atoms with Crippen molar-refractivity contribution in [3.63, 3.8) is 0 Å². The average molecular weight is 494 g/mol. The predicted octanol–water partition coefficient (Wildman–Crippen LogP) is 2.93. The summed E-state index contributed by atoms with van der Waals surface area (Å²) in [5.74, 6) is 1.94. The zero-order chi connectivity index (χ0) is 22.9. The smallest absolute Gasteiger partial charge is 0.251 e. The molecule has 0 aliphatic rings. The third kappa shape index (κ3) is 6.43. The van der Waals surface area contributed by atoms with E-state index in [1.807, 2.05) is 18.4 Å². The van der Waals surface area contributed by atoms with E-state index < -0.39 is 0 Å². The number of rotatable bonds is 11. The van der Waals surface area contributed by atoms with Gasteiger partial charge in [-0.05, 0) is 36.9 Å². The number of nitrogens with one attached hydrogen (secondary N) is 2. The first-order chi connectivity index (χ1) is 15.5. The molecule has 2 aromatic heterocycles. The van der Waals surface area contributed by atoms with Crippen LogP contribution in [0.3, 0.4) is 0 Å². The van der Waals surface area contributed by atoms with E-state index in [2.05, 4.69) is 31.0 Å². The second-order valence-corrected chi connectivity index (χ2v) is 9.63. The number of hydrogen-bond acceptors (Lipinski definition) is 10. The Morgan fingerprint density at radius 1 is 1.09 bits per heavy atom. The molecule has 0 atom stereocenters. The Hall–Kier alpha value is -2.64. The molecule has 10 nitrogen and oxygen atoms in total. The number of ether oxygens (including phenoxy) is 1. The molecule has 0 radical (unpaired) electrons. The monoisotopic (exact) mass is 493 g/mol. The Kier molecular flexibility index (Phi) is 8.88. The number of carbonyl (C=O) groups excluding carboxylic acids is 2. The van der Waals surface area contributed by atoms with Gasteiger partial charge in [0.1, 0.15) is 5.75 Å². The third-order valence-corrected chi connectivity index (χ3v) is 6.94.